The standard InChI is InChI=1S/C20H22N6O/c27-20(18(15-8-4-5-9-15)14-6-2-1-3-7-14)23-13-17-24-19(26-25-17)16-12-21-10-11-22-16/h1-3,6-7,10-12,15,18H,4-5,8-9,13H2,(H,23,27)(H,24,25,26)/t18-/m0/s1. The molecular formula is C20H22N6O. The number of rotatable bonds is 6. The van der Waals surface area contributed by atoms with Crippen molar-refractivity contribution in [3.8, 4) is 11.5 Å². The second kappa shape index (κ2) is 8.07. The number of benzene rings is 1. The Morgan fingerprint density at radius 1 is 1.19 bits per heavy atom. The second-order valence-electron chi connectivity index (χ2n) is 6.85. The molecule has 0 spiro atoms. The lowest BCUT2D eigenvalue weighted by Gasteiger charge is -2.23. The molecule has 1 fully saturated rings. The Hall–Kier alpha value is -3.09. The fourth-order valence-corrected chi connectivity index (χ4v) is 3.77. The van der Waals surface area contributed by atoms with Crippen molar-refractivity contribution >= 4 is 5.91 Å². The van der Waals surface area contributed by atoms with Crippen molar-refractivity contribution < 1.29 is 4.79 Å². The Morgan fingerprint density at radius 3 is 2.74 bits per heavy atom. The van der Waals surface area contributed by atoms with Crippen molar-refractivity contribution in [1.82, 2.24) is 30.5 Å². The molecule has 4 rings (SSSR count). The van der Waals surface area contributed by atoms with Crippen LogP contribution in [0.3, 0.4) is 0 Å². The number of H-pyrrole nitrogens is 1. The van der Waals surface area contributed by atoms with Crippen LogP contribution in [-0.2, 0) is 11.3 Å². The Labute approximate surface area is 157 Å². The van der Waals surface area contributed by atoms with Gasteiger partial charge in [0.05, 0.1) is 18.7 Å². The van der Waals surface area contributed by atoms with E-state index in [9.17, 15) is 4.79 Å². The summed E-state index contributed by atoms with van der Waals surface area (Å²) in [6.45, 7) is 0.308. The first-order chi connectivity index (χ1) is 13.3. The molecular weight excluding hydrogens is 340 g/mol. The van der Waals surface area contributed by atoms with E-state index in [4.69, 9.17) is 0 Å². The minimum Gasteiger partial charge on any atom is -0.348 e. The molecule has 1 saturated carbocycles. The summed E-state index contributed by atoms with van der Waals surface area (Å²) in [5, 5.41) is 10.0. The first kappa shape index (κ1) is 17.3. The Morgan fingerprint density at radius 2 is 2.00 bits per heavy atom. The van der Waals surface area contributed by atoms with Crippen LogP contribution >= 0.6 is 0 Å². The highest BCUT2D eigenvalue weighted by Crippen LogP contribution is 2.37. The van der Waals surface area contributed by atoms with Crippen LogP contribution in [0, 0.1) is 5.92 Å². The number of carbonyl (C=O) groups excluding carboxylic acids is 1. The van der Waals surface area contributed by atoms with E-state index in [2.05, 4.69) is 30.5 Å². The van der Waals surface area contributed by atoms with Crippen LogP contribution in [0.1, 0.15) is 43.0 Å². The van der Waals surface area contributed by atoms with Gasteiger partial charge in [-0.1, -0.05) is 43.2 Å². The van der Waals surface area contributed by atoms with Crippen molar-refractivity contribution in [2.45, 2.75) is 38.1 Å². The third-order valence-electron chi connectivity index (χ3n) is 5.07. The fraction of sp³-hybridized carbons (Fsp3) is 0.350. The van der Waals surface area contributed by atoms with Crippen molar-refractivity contribution in [3.05, 3.63) is 60.3 Å². The minimum absolute atomic E-state index is 0.0468. The summed E-state index contributed by atoms with van der Waals surface area (Å²) >= 11 is 0. The maximum Gasteiger partial charge on any atom is 0.228 e. The molecule has 0 bridgehead atoms. The van der Waals surface area contributed by atoms with Gasteiger partial charge in [0.2, 0.25) is 11.7 Å². The van der Waals surface area contributed by atoms with Crippen LogP contribution in [0.25, 0.3) is 11.5 Å². The summed E-state index contributed by atoms with van der Waals surface area (Å²) in [6.07, 6.45) is 9.41. The van der Waals surface area contributed by atoms with Gasteiger partial charge in [0.15, 0.2) is 0 Å². The molecule has 27 heavy (non-hydrogen) atoms. The molecule has 2 aromatic heterocycles. The number of nitrogens with one attached hydrogen (secondary N) is 2. The molecule has 138 valence electrons. The molecule has 1 aromatic carbocycles. The predicted molar refractivity (Wildman–Crippen MR) is 100 cm³/mol. The summed E-state index contributed by atoms with van der Waals surface area (Å²) in [5.74, 6) is 1.41. The lowest BCUT2D eigenvalue weighted by Crippen LogP contribution is -2.32. The summed E-state index contributed by atoms with van der Waals surface area (Å²) < 4.78 is 0. The van der Waals surface area contributed by atoms with Crippen LogP contribution in [0.2, 0.25) is 0 Å². The molecule has 1 aliphatic carbocycles. The lowest BCUT2D eigenvalue weighted by molar-refractivity contribution is -0.124. The number of hydrogen-bond donors (Lipinski definition) is 2. The highest BCUT2D eigenvalue weighted by atomic mass is 16.1. The van der Waals surface area contributed by atoms with Crippen molar-refractivity contribution in [1.29, 1.82) is 0 Å². The van der Waals surface area contributed by atoms with E-state index in [-0.39, 0.29) is 11.8 Å². The minimum atomic E-state index is -0.115. The zero-order chi connectivity index (χ0) is 18.5. The van der Waals surface area contributed by atoms with E-state index in [1.54, 1.807) is 18.6 Å². The number of amides is 1. The van der Waals surface area contributed by atoms with Gasteiger partial charge in [0, 0.05) is 12.4 Å². The van der Waals surface area contributed by atoms with Gasteiger partial charge < -0.3 is 5.32 Å². The Bertz CT molecular complexity index is 874. The SMILES string of the molecule is O=C(NCc1nc(-c2cnccn2)n[nH]1)[C@@H](c1ccccc1)C1CCCC1. The number of hydrogen-bond acceptors (Lipinski definition) is 5. The van der Waals surface area contributed by atoms with Crippen LogP contribution < -0.4 is 5.32 Å². The zero-order valence-corrected chi connectivity index (χ0v) is 15.0. The molecule has 7 nitrogen and oxygen atoms in total. The van der Waals surface area contributed by atoms with Gasteiger partial charge in [0.25, 0.3) is 0 Å². The largest absolute Gasteiger partial charge is 0.348 e. The number of aromatic amines is 1. The summed E-state index contributed by atoms with van der Waals surface area (Å²) in [4.78, 5) is 25.6. The monoisotopic (exact) mass is 362 g/mol. The van der Waals surface area contributed by atoms with E-state index in [0.717, 1.165) is 18.4 Å². The predicted octanol–water partition coefficient (Wildman–Crippen LogP) is 2.85. The lowest BCUT2D eigenvalue weighted by atomic mass is 9.84. The first-order valence-corrected chi connectivity index (χ1v) is 9.31. The number of nitrogens with zero attached hydrogens (tertiary/aromatic N) is 4. The normalized spacial score (nSPS) is 15.6. The third-order valence-corrected chi connectivity index (χ3v) is 5.07. The Balaban J connectivity index is 1.45. The number of aromatic nitrogens is 5. The second-order valence-corrected chi connectivity index (χ2v) is 6.85. The fourth-order valence-electron chi connectivity index (χ4n) is 3.77. The topological polar surface area (TPSA) is 96.5 Å². The summed E-state index contributed by atoms with van der Waals surface area (Å²) in [7, 11) is 0. The van der Waals surface area contributed by atoms with E-state index < -0.39 is 0 Å². The average molecular weight is 362 g/mol. The van der Waals surface area contributed by atoms with Gasteiger partial charge in [0.1, 0.15) is 11.5 Å². The third kappa shape index (κ3) is 4.02. The molecule has 2 N–H and O–H groups in total. The van der Waals surface area contributed by atoms with Gasteiger partial charge in [-0.2, -0.15) is 5.10 Å². The van der Waals surface area contributed by atoms with E-state index in [1.807, 2.05) is 30.3 Å². The molecule has 1 aliphatic rings. The van der Waals surface area contributed by atoms with Crippen LogP contribution in [0.5, 0.6) is 0 Å². The van der Waals surface area contributed by atoms with E-state index in [1.165, 1.54) is 12.8 Å². The quantitative estimate of drug-likeness (QED) is 0.703. The smallest absolute Gasteiger partial charge is 0.228 e. The maximum absolute atomic E-state index is 13.0. The van der Waals surface area contributed by atoms with Gasteiger partial charge in [-0.05, 0) is 24.3 Å². The van der Waals surface area contributed by atoms with Gasteiger partial charge in [-0.25, -0.2) is 9.97 Å². The Kier molecular flexibility index (Phi) is 5.18. The summed E-state index contributed by atoms with van der Waals surface area (Å²) in [6, 6.07) is 10.1. The molecule has 0 aliphatic heterocycles. The van der Waals surface area contributed by atoms with Crippen LogP contribution in [-0.4, -0.2) is 31.1 Å². The number of carbonyl (C=O) groups is 1. The van der Waals surface area contributed by atoms with Gasteiger partial charge >= 0.3 is 0 Å². The van der Waals surface area contributed by atoms with Crippen molar-refractivity contribution in [2.75, 3.05) is 0 Å². The van der Waals surface area contributed by atoms with Crippen LogP contribution in [0.15, 0.2) is 48.9 Å². The molecule has 2 heterocycles. The molecule has 0 saturated heterocycles. The van der Waals surface area contributed by atoms with E-state index in [0.29, 0.717) is 29.8 Å². The maximum atomic E-state index is 13.0. The zero-order valence-electron chi connectivity index (χ0n) is 15.0. The van der Waals surface area contributed by atoms with Gasteiger partial charge in [-0.15, -0.1) is 0 Å². The van der Waals surface area contributed by atoms with Gasteiger partial charge in [-0.3, -0.25) is 14.9 Å². The molecule has 1 atom stereocenters. The molecule has 3 aromatic rings. The first-order valence-electron chi connectivity index (χ1n) is 9.31. The summed E-state index contributed by atoms with van der Waals surface area (Å²) in [5.41, 5.74) is 1.68. The van der Waals surface area contributed by atoms with Crippen molar-refractivity contribution in [3.63, 3.8) is 0 Å². The highest BCUT2D eigenvalue weighted by molar-refractivity contribution is 5.84. The molecule has 0 unspecified atom stereocenters. The van der Waals surface area contributed by atoms with E-state index >= 15 is 0 Å². The molecule has 1 amide bonds. The molecule has 0 radical (unpaired) electrons. The average Bonchev–Trinajstić information content (AvgIpc) is 3.41. The van der Waals surface area contributed by atoms with Crippen LogP contribution in [0.4, 0.5) is 0 Å². The molecule has 7 heteroatoms. The highest BCUT2D eigenvalue weighted by Gasteiger charge is 2.31. The van der Waals surface area contributed by atoms with Crippen molar-refractivity contribution in [2.24, 2.45) is 5.92 Å².